The number of carbonyl (C=O) groups excluding carboxylic acids is 3. The second kappa shape index (κ2) is 8.80. The number of nitrogens with one attached hydrogen (secondary N) is 1. The molecule has 0 bridgehead atoms. The van der Waals surface area contributed by atoms with E-state index in [4.69, 9.17) is 22.1 Å². The number of urea groups is 1. The molecule has 2 heterocycles. The van der Waals surface area contributed by atoms with Gasteiger partial charge in [-0.25, -0.2) is 4.79 Å². The molecule has 0 aromatic heterocycles. The van der Waals surface area contributed by atoms with Gasteiger partial charge in [-0.1, -0.05) is 23.7 Å². The molecule has 32 heavy (non-hydrogen) atoms. The van der Waals surface area contributed by atoms with Crippen LogP contribution in [0.1, 0.15) is 25.3 Å². The van der Waals surface area contributed by atoms with Gasteiger partial charge in [0.1, 0.15) is 11.6 Å². The maximum absolute atomic E-state index is 13.5. The topological polar surface area (TPSA) is 105 Å². The molecule has 8 nitrogen and oxygen atoms in total. The van der Waals surface area contributed by atoms with Gasteiger partial charge in [0, 0.05) is 29.5 Å². The molecule has 2 aliphatic rings. The normalized spacial score (nSPS) is 23.3. The quantitative estimate of drug-likeness (QED) is 0.737. The Morgan fingerprint density at radius 1 is 1.12 bits per heavy atom. The van der Waals surface area contributed by atoms with Crippen molar-refractivity contribution >= 4 is 40.8 Å². The van der Waals surface area contributed by atoms with E-state index in [0.717, 1.165) is 5.69 Å². The maximum atomic E-state index is 13.5. The van der Waals surface area contributed by atoms with Gasteiger partial charge >= 0.3 is 6.03 Å². The van der Waals surface area contributed by atoms with Gasteiger partial charge in [-0.15, -0.1) is 0 Å². The summed E-state index contributed by atoms with van der Waals surface area (Å²) in [7, 11) is 0. The summed E-state index contributed by atoms with van der Waals surface area (Å²) in [6, 6.07) is 13.3. The van der Waals surface area contributed by atoms with Crippen LogP contribution in [0.4, 0.5) is 16.2 Å². The number of hydrogen-bond acceptors (Lipinski definition) is 4. The van der Waals surface area contributed by atoms with Crippen LogP contribution in [0, 0.1) is 0 Å². The Morgan fingerprint density at radius 2 is 1.81 bits per heavy atom. The van der Waals surface area contributed by atoms with E-state index in [1.807, 2.05) is 0 Å². The average molecular weight is 457 g/mol. The van der Waals surface area contributed by atoms with Gasteiger partial charge in [-0.2, -0.15) is 0 Å². The van der Waals surface area contributed by atoms with Gasteiger partial charge in [0.05, 0.1) is 6.61 Å². The Balaban J connectivity index is 1.59. The largest absolute Gasteiger partial charge is 0.367 e. The number of ether oxygens (including phenoxy) is 1. The fourth-order valence-corrected chi connectivity index (χ4v) is 4.57. The molecule has 0 unspecified atom stereocenters. The average Bonchev–Trinajstić information content (AvgIpc) is 3.23. The van der Waals surface area contributed by atoms with E-state index in [2.05, 4.69) is 5.32 Å². The highest BCUT2D eigenvalue weighted by Crippen LogP contribution is 2.40. The summed E-state index contributed by atoms with van der Waals surface area (Å²) in [5, 5.41) is 3.46. The van der Waals surface area contributed by atoms with Crippen molar-refractivity contribution in [1.29, 1.82) is 0 Å². The first-order chi connectivity index (χ1) is 15.3. The third kappa shape index (κ3) is 3.91. The van der Waals surface area contributed by atoms with E-state index < -0.39 is 17.7 Å². The lowest BCUT2D eigenvalue weighted by atomic mass is 9.86. The number of amides is 4. The molecule has 2 aliphatic heterocycles. The van der Waals surface area contributed by atoms with Crippen LogP contribution in [0.2, 0.25) is 5.02 Å². The third-order valence-electron chi connectivity index (χ3n) is 6.08. The van der Waals surface area contributed by atoms with E-state index in [1.165, 1.54) is 4.90 Å². The summed E-state index contributed by atoms with van der Waals surface area (Å²) in [6.07, 6.45) is 0.612. The number of benzene rings is 2. The standard InChI is InChI=1S/C23H25ClN4O4/c1-15-20(29)27(13-14-32-15)19-9-7-18(8-10-19)26-21(30)23(11-2-12-28(23)22(25)31)16-3-5-17(24)6-4-16/h3-10,15H,2,11-14H2,1H3,(H2,25,31)(H,26,30)/t15-,23+/m0/s1. The van der Waals surface area contributed by atoms with Crippen molar-refractivity contribution in [1.82, 2.24) is 4.90 Å². The lowest BCUT2D eigenvalue weighted by molar-refractivity contribution is -0.132. The summed E-state index contributed by atoms with van der Waals surface area (Å²) in [5.74, 6) is -0.447. The first-order valence-electron chi connectivity index (χ1n) is 10.5. The number of halogens is 1. The maximum Gasteiger partial charge on any atom is 0.315 e. The fourth-order valence-electron chi connectivity index (χ4n) is 4.45. The number of nitrogens with zero attached hydrogens (tertiary/aromatic N) is 2. The minimum Gasteiger partial charge on any atom is -0.367 e. The van der Waals surface area contributed by atoms with Crippen molar-refractivity contribution in [3.63, 3.8) is 0 Å². The van der Waals surface area contributed by atoms with Crippen molar-refractivity contribution in [3.05, 3.63) is 59.1 Å². The van der Waals surface area contributed by atoms with Crippen LogP contribution < -0.4 is 16.0 Å². The minimum atomic E-state index is -1.22. The van der Waals surface area contributed by atoms with Crippen molar-refractivity contribution < 1.29 is 19.1 Å². The molecule has 2 aromatic rings. The Kier molecular flexibility index (Phi) is 6.08. The van der Waals surface area contributed by atoms with Crippen LogP contribution in [0.15, 0.2) is 48.5 Å². The van der Waals surface area contributed by atoms with Gasteiger partial charge in [-0.3, -0.25) is 9.59 Å². The zero-order valence-electron chi connectivity index (χ0n) is 17.7. The van der Waals surface area contributed by atoms with Gasteiger partial charge in [0.2, 0.25) is 0 Å². The van der Waals surface area contributed by atoms with Gasteiger partial charge < -0.3 is 25.6 Å². The predicted octanol–water partition coefficient (Wildman–Crippen LogP) is 3.10. The molecular formula is C23H25ClN4O4. The summed E-state index contributed by atoms with van der Waals surface area (Å²) < 4.78 is 5.37. The minimum absolute atomic E-state index is 0.0993. The molecule has 4 rings (SSSR count). The Labute approximate surface area is 191 Å². The zero-order chi connectivity index (χ0) is 22.9. The number of morpholine rings is 1. The molecule has 2 saturated heterocycles. The van der Waals surface area contributed by atoms with Crippen molar-refractivity contribution in [2.45, 2.75) is 31.4 Å². The molecule has 0 aliphatic carbocycles. The predicted molar refractivity (Wildman–Crippen MR) is 121 cm³/mol. The lowest BCUT2D eigenvalue weighted by Crippen LogP contribution is -2.54. The zero-order valence-corrected chi connectivity index (χ0v) is 18.5. The van der Waals surface area contributed by atoms with E-state index in [-0.39, 0.29) is 11.8 Å². The lowest BCUT2D eigenvalue weighted by Gasteiger charge is -2.36. The monoisotopic (exact) mass is 456 g/mol. The Hall–Kier alpha value is -3.10. The van der Waals surface area contributed by atoms with Crippen LogP contribution >= 0.6 is 11.6 Å². The summed E-state index contributed by atoms with van der Waals surface area (Å²) in [6.45, 7) is 3.06. The van der Waals surface area contributed by atoms with Crippen LogP contribution in [-0.4, -0.2) is 48.5 Å². The molecular weight excluding hydrogens is 432 g/mol. The number of likely N-dealkylation sites (tertiary alicyclic amines) is 1. The highest BCUT2D eigenvalue weighted by atomic mass is 35.5. The first kappa shape index (κ1) is 22.1. The van der Waals surface area contributed by atoms with Crippen LogP contribution in [0.25, 0.3) is 0 Å². The number of hydrogen-bond donors (Lipinski definition) is 2. The van der Waals surface area contributed by atoms with Crippen LogP contribution in [0.3, 0.4) is 0 Å². The van der Waals surface area contributed by atoms with Gasteiger partial charge in [0.25, 0.3) is 11.8 Å². The van der Waals surface area contributed by atoms with E-state index in [1.54, 1.807) is 60.4 Å². The summed E-state index contributed by atoms with van der Waals surface area (Å²) >= 11 is 6.03. The summed E-state index contributed by atoms with van der Waals surface area (Å²) in [4.78, 5) is 41.2. The first-order valence-corrected chi connectivity index (χ1v) is 10.9. The van der Waals surface area contributed by atoms with Crippen molar-refractivity contribution in [2.75, 3.05) is 29.9 Å². The van der Waals surface area contributed by atoms with Crippen LogP contribution in [-0.2, 0) is 19.9 Å². The van der Waals surface area contributed by atoms with Crippen LogP contribution in [0.5, 0.6) is 0 Å². The Morgan fingerprint density at radius 3 is 2.47 bits per heavy atom. The van der Waals surface area contributed by atoms with Gasteiger partial charge in [0.15, 0.2) is 0 Å². The molecule has 0 radical (unpaired) electrons. The molecule has 4 amide bonds. The molecule has 2 aromatic carbocycles. The highest BCUT2D eigenvalue weighted by Gasteiger charge is 2.50. The molecule has 2 atom stereocenters. The smallest absolute Gasteiger partial charge is 0.315 e. The molecule has 9 heteroatoms. The molecule has 3 N–H and O–H groups in total. The molecule has 168 valence electrons. The Bertz CT molecular complexity index is 1030. The molecule has 2 fully saturated rings. The molecule has 0 saturated carbocycles. The second-order valence-electron chi connectivity index (χ2n) is 7.96. The number of carbonyl (C=O) groups is 3. The highest BCUT2D eigenvalue weighted by molar-refractivity contribution is 6.30. The number of rotatable bonds is 4. The SMILES string of the molecule is C[C@@H]1OCCN(c2ccc(NC(=O)[C@]3(c4ccc(Cl)cc4)CCCN3C(N)=O)cc2)C1=O. The van der Waals surface area contributed by atoms with Crippen molar-refractivity contribution in [2.24, 2.45) is 5.73 Å². The number of nitrogens with two attached hydrogens (primary N) is 1. The second-order valence-corrected chi connectivity index (χ2v) is 8.40. The van der Waals surface area contributed by atoms with E-state index in [0.29, 0.717) is 48.8 Å². The number of primary amides is 1. The van der Waals surface area contributed by atoms with Crippen molar-refractivity contribution in [3.8, 4) is 0 Å². The van der Waals surface area contributed by atoms with E-state index in [9.17, 15) is 14.4 Å². The van der Waals surface area contributed by atoms with E-state index >= 15 is 0 Å². The fraction of sp³-hybridized carbons (Fsp3) is 0.348. The third-order valence-corrected chi connectivity index (χ3v) is 6.33. The molecule has 0 spiro atoms. The number of anilines is 2. The summed E-state index contributed by atoms with van der Waals surface area (Å²) in [5.41, 5.74) is 6.35. The van der Waals surface area contributed by atoms with Gasteiger partial charge in [-0.05, 0) is 61.7 Å².